The number of non-ortho nitro benzene ring substituents is 1. The molecule has 0 saturated carbocycles. The molecular formula is C30H23Cl2N3O7. The van der Waals surface area contributed by atoms with Crippen LogP contribution >= 0.6 is 23.2 Å². The number of allylic oxidation sites excluding steroid dienone is 2. The number of nitrogens with zero attached hydrogens (tertiary/aromatic N) is 3. The SMILES string of the molecule is C[C@@H]1C=CC[C@H]2C(=O)N(N(CC(=O)c3ccc(Oc4ccc([N+](=O)[O-])cc4)cc3)C(=O)c3ccc(Cl)c(Cl)c3)C(=O)[C@@H]12. The Kier molecular flexibility index (Phi) is 8.11. The molecule has 3 atom stereocenters. The van der Waals surface area contributed by atoms with Crippen molar-refractivity contribution in [3.8, 4) is 11.5 Å². The van der Waals surface area contributed by atoms with Crippen molar-refractivity contribution in [3.63, 3.8) is 0 Å². The third-order valence-corrected chi connectivity index (χ3v) is 7.98. The van der Waals surface area contributed by atoms with Crippen molar-refractivity contribution in [3.05, 3.63) is 110 Å². The van der Waals surface area contributed by atoms with E-state index in [0.717, 1.165) is 10.0 Å². The first-order chi connectivity index (χ1) is 20.0. The summed E-state index contributed by atoms with van der Waals surface area (Å²) in [6.45, 7) is 1.24. The molecule has 1 aliphatic heterocycles. The number of rotatable bonds is 8. The first kappa shape index (κ1) is 29.0. The highest BCUT2D eigenvalue weighted by Gasteiger charge is 2.53. The highest BCUT2D eigenvalue weighted by atomic mass is 35.5. The van der Waals surface area contributed by atoms with Crippen LogP contribution in [0.3, 0.4) is 0 Å². The van der Waals surface area contributed by atoms with Gasteiger partial charge in [0.1, 0.15) is 18.0 Å². The average molecular weight is 608 g/mol. The molecule has 10 nitrogen and oxygen atoms in total. The van der Waals surface area contributed by atoms with E-state index in [1.54, 1.807) is 0 Å². The molecule has 0 spiro atoms. The van der Waals surface area contributed by atoms with Gasteiger partial charge in [0.2, 0.25) is 0 Å². The van der Waals surface area contributed by atoms with Gasteiger partial charge in [-0.05, 0) is 66.9 Å². The molecule has 3 aromatic carbocycles. The number of carbonyl (C=O) groups is 4. The van der Waals surface area contributed by atoms with Crippen LogP contribution in [0, 0.1) is 27.9 Å². The van der Waals surface area contributed by atoms with Gasteiger partial charge in [-0.25, -0.2) is 5.01 Å². The zero-order valence-electron chi connectivity index (χ0n) is 22.1. The number of halogens is 2. The summed E-state index contributed by atoms with van der Waals surface area (Å²) in [5.41, 5.74) is 0.165. The molecule has 3 amide bonds. The van der Waals surface area contributed by atoms with Crippen LogP contribution in [0.4, 0.5) is 5.69 Å². The van der Waals surface area contributed by atoms with Crippen LogP contribution in [0.15, 0.2) is 78.9 Å². The number of fused-ring (bicyclic) bond motifs is 1. The van der Waals surface area contributed by atoms with E-state index in [1.165, 1.54) is 66.7 Å². The fourth-order valence-corrected chi connectivity index (χ4v) is 5.39. The third-order valence-electron chi connectivity index (χ3n) is 7.24. The number of hydrogen-bond acceptors (Lipinski definition) is 7. The number of hydrogen-bond donors (Lipinski definition) is 0. The Morgan fingerprint density at radius 1 is 0.952 bits per heavy atom. The highest BCUT2D eigenvalue weighted by Crippen LogP contribution is 2.39. The fourth-order valence-electron chi connectivity index (χ4n) is 5.09. The number of Topliss-reactive ketones (excluding diaryl/α,β-unsaturated/α-hetero) is 1. The summed E-state index contributed by atoms with van der Waals surface area (Å²) in [5.74, 6) is -3.16. The molecule has 0 aromatic heterocycles. The average Bonchev–Trinajstić information content (AvgIpc) is 3.23. The van der Waals surface area contributed by atoms with Crippen LogP contribution in [-0.4, -0.2) is 45.0 Å². The quantitative estimate of drug-likeness (QED) is 0.0990. The Bertz CT molecular complexity index is 1620. The molecule has 0 radical (unpaired) electrons. The van der Waals surface area contributed by atoms with E-state index in [9.17, 15) is 29.3 Å². The predicted octanol–water partition coefficient (Wildman–Crippen LogP) is 6.13. The van der Waals surface area contributed by atoms with Crippen molar-refractivity contribution in [2.45, 2.75) is 13.3 Å². The maximum Gasteiger partial charge on any atom is 0.273 e. The summed E-state index contributed by atoms with van der Waals surface area (Å²) in [6.07, 6.45) is 4.07. The Morgan fingerprint density at radius 2 is 1.57 bits per heavy atom. The third kappa shape index (κ3) is 5.63. The smallest absolute Gasteiger partial charge is 0.273 e. The van der Waals surface area contributed by atoms with Crippen molar-refractivity contribution in [1.82, 2.24) is 10.0 Å². The van der Waals surface area contributed by atoms with Crippen molar-refractivity contribution in [2.24, 2.45) is 17.8 Å². The molecule has 0 bridgehead atoms. The lowest BCUT2D eigenvalue weighted by Crippen LogP contribution is -2.52. The van der Waals surface area contributed by atoms with Crippen LogP contribution < -0.4 is 4.74 Å². The second kappa shape index (κ2) is 11.8. The maximum absolute atomic E-state index is 13.7. The Morgan fingerprint density at radius 3 is 2.17 bits per heavy atom. The number of ether oxygens (including phenoxy) is 1. The largest absolute Gasteiger partial charge is 0.457 e. The standard InChI is InChI=1S/C30H23Cl2N3O7/c1-17-3-2-4-23-27(17)30(39)34(29(23)38)33(28(37)19-7-14-24(31)25(32)15-19)16-26(36)18-5-10-21(11-6-18)42-22-12-8-20(9-13-22)35(40)41/h2-3,5-15,17,23,27H,4,16H2,1H3/t17-,23-,27+/m1/s1. The molecule has 1 aliphatic carbocycles. The summed E-state index contributed by atoms with van der Waals surface area (Å²) >= 11 is 12.1. The van der Waals surface area contributed by atoms with Gasteiger partial charge in [-0.3, -0.25) is 29.3 Å². The monoisotopic (exact) mass is 607 g/mol. The van der Waals surface area contributed by atoms with E-state index in [-0.39, 0.29) is 32.8 Å². The summed E-state index contributed by atoms with van der Waals surface area (Å²) in [7, 11) is 0. The molecule has 12 heteroatoms. The maximum atomic E-state index is 13.7. The Labute approximate surface area is 250 Å². The van der Waals surface area contributed by atoms with Gasteiger partial charge in [0.05, 0.1) is 26.8 Å². The number of imide groups is 1. The molecule has 1 heterocycles. The first-order valence-electron chi connectivity index (χ1n) is 12.9. The van der Waals surface area contributed by atoms with Crippen LogP contribution in [0.2, 0.25) is 10.0 Å². The highest BCUT2D eigenvalue weighted by molar-refractivity contribution is 6.42. The number of nitro groups is 1. The molecule has 1 fully saturated rings. The lowest BCUT2D eigenvalue weighted by Gasteiger charge is -2.30. The summed E-state index contributed by atoms with van der Waals surface area (Å²) in [5, 5.41) is 12.8. The molecule has 0 N–H and O–H groups in total. The minimum Gasteiger partial charge on any atom is -0.457 e. The second-order valence-corrected chi connectivity index (χ2v) is 10.8. The molecule has 42 heavy (non-hydrogen) atoms. The van der Waals surface area contributed by atoms with Crippen molar-refractivity contribution in [1.29, 1.82) is 0 Å². The minimum absolute atomic E-state index is 0.0469. The fraction of sp³-hybridized carbons (Fsp3) is 0.200. The van der Waals surface area contributed by atoms with E-state index in [1.807, 2.05) is 19.1 Å². The predicted molar refractivity (Wildman–Crippen MR) is 153 cm³/mol. The number of nitro benzene ring substituents is 1. The van der Waals surface area contributed by atoms with Gasteiger partial charge in [0.15, 0.2) is 5.78 Å². The lowest BCUT2D eigenvalue weighted by molar-refractivity contribution is -0.384. The number of amides is 3. The summed E-state index contributed by atoms with van der Waals surface area (Å²) < 4.78 is 5.69. The molecule has 2 aliphatic rings. The topological polar surface area (TPSA) is 127 Å². The van der Waals surface area contributed by atoms with Crippen molar-refractivity contribution < 1.29 is 28.8 Å². The molecule has 3 aromatic rings. The van der Waals surface area contributed by atoms with Crippen molar-refractivity contribution >= 4 is 52.4 Å². The van der Waals surface area contributed by atoms with Crippen molar-refractivity contribution in [2.75, 3.05) is 6.54 Å². The Balaban J connectivity index is 1.39. The van der Waals surface area contributed by atoms with E-state index in [2.05, 4.69) is 0 Å². The molecule has 214 valence electrons. The molecule has 1 saturated heterocycles. The van der Waals surface area contributed by atoms with Gasteiger partial charge in [-0.2, -0.15) is 5.01 Å². The van der Waals surface area contributed by atoms with Gasteiger partial charge >= 0.3 is 0 Å². The lowest BCUT2D eigenvalue weighted by atomic mass is 9.78. The number of ketones is 1. The van der Waals surface area contributed by atoms with Crippen LogP contribution in [-0.2, 0) is 9.59 Å². The molecule has 0 unspecified atom stereocenters. The van der Waals surface area contributed by atoms with Gasteiger partial charge in [0.25, 0.3) is 23.4 Å². The van der Waals surface area contributed by atoms with Gasteiger partial charge in [-0.15, -0.1) is 0 Å². The minimum atomic E-state index is -0.763. The van der Waals surface area contributed by atoms with E-state index >= 15 is 0 Å². The van der Waals surface area contributed by atoms with Gasteiger partial charge in [0, 0.05) is 23.3 Å². The normalized spacial score (nSPS) is 19.4. The first-order valence-corrected chi connectivity index (χ1v) is 13.7. The summed E-state index contributed by atoms with van der Waals surface area (Å²) in [4.78, 5) is 64.4. The molecular weight excluding hydrogens is 585 g/mol. The number of benzene rings is 3. The van der Waals surface area contributed by atoms with Gasteiger partial charge < -0.3 is 4.74 Å². The number of hydrazine groups is 1. The van der Waals surface area contributed by atoms with E-state index in [0.29, 0.717) is 17.9 Å². The Hall–Kier alpha value is -4.54. The molecule has 5 rings (SSSR count). The van der Waals surface area contributed by atoms with Crippen LogP contribution in [0.25, 0.3) is 0 Å². The zero-order chi connectivity index (χ0) is 30.1. The second-order valence-electron chi connectivity index (χ2n) is 9.94. The van der Waals surface area contributed by atoms with E-state index in [4.69, 9.17) is 27.9 Å². The zero-order valence-corrected chi connectivity index (χ0v) is 23.6. The summed E-state index contributed by atoms with van der Waals surface area (Å²) in [6, 6.07) is 15.6. The van der Waals surface area contributed by atoms with Crippen LogP contribution in [0.1, 0.15) is 34.1 Å². The van der Waals surface area contributed by atoms with Crippen LogP contribution in [0.5, 0.6) is 11.5 Å². The van der Waals surface area contributed by atoms with Gasteiger partial charge in [-0.1, -0.05) is 42.3 Å². The van der Waals surface area contributed by atoms with E-state index < -0.39 is 46.8 Å². The number of carbonyl (C=O) groups excluding carboxylic acids is 4.